The molecule has 0 bridgehead atoms. The number of hydrazone groups is 1. The van der Waals surface area contributed by atoms with Gasteiger partial charge in [0.15, 0.2) is 6.61 Å². The summed E-state index contributed by atoms with van der Waals surface area (Å²) in [6, 6.07) is 14.0. The minimum absolute atomic E-state index is 0.00880. The molecule has 0 aliphatic carbocycles. The van der Waals surface area contributed by atoms with E-state index in [0.29, 0.717) is 22.7 Å². The molecule has 3 N–H and O–H groups in total. The number of carbonyl (C=O) groups excluding carboxylic acids is 1. The number of nitrogens with one attached hydrogen (secondary N) is 2. The van der Waals surface area contributed by atoms with Gasteiger partial charge in [-0.1, -0.05) is 24.3 Å². The molecule has 0 radical (unpaired) electrons. The Bertz CT molecular complexity index is 792. The van der Waals surface area contributed by atoms with Crippen molar-refractivity contribution < 1.29 is 24.2 Å². The summed E-state index contributed by atoms with van der Waals surface area (Å²) in [7, 11) is 1.55. The van der Waals surface area contributed by atoms with Crippen molar-refractivity contribution >= 4 is 23.8 Å². The van der Waals surface area contributed by atoms with Gasteiger partial charge in [0.2, 0.25) is 0 Å². The van der Waals surface area contributed by atoms with E-state index < -0.39 is 12.6 Å². The standard InChI is InChI=1S/C18H19N3O5/c1-25-16-9-5-3-7-14(16)19-11-17(22)21-20-10-13-6-2-4-8-15(13)26-12-18(23)24/h2-10,19H,11-12H2,1H3,(H,21,22)(H,23,24). The van der Waals surface area contributed by atoms with Crippen LogP contribution in [0.3, 0.4) is 0 Å². The van der Waals surface area contributed by atoms with Crippen LogP contribution >= 0.6 is 0 Å². The number of rotatable bonds is 9. The number of ether oxygens (including phenoxy) is 2. The average molecular weight is 357 g/mol. The SMILES string of the molecule is COc1ccccc1NCC(=O)NN=Cc1ccccc1OCC(=O)O. The van der Waals surface area contributed by atoms with Crippen LogP contribution in [0.15, 0.2) is 53.6 Å². The van der Waals surface area contributed by atoms with E-state index in [2.05, 4.69) is 15.8 Å². The lowest BCUT2D eigenvalue weighted by Gasteiger charge is -2.09. The summed E-state index contributed by atoms with van der Waals surface area (Å²) in [5, 5.41) is 15.5. The largest absolute Gasteiger partial charge is 0.495 e. The highest BCUT2D eigenvalue weighted by Crippen LogP contribution is 2.22. The van der Waals surface area contributed by atoms with E-state index in [9.17, 15) is 9.59 Å². The van der Waals surface area contributed by atoms with E-state index in [4.69, 9.17) is 14.6 Å². The molecule has 0 unspecified atom stereocenters. The molecule has 0 atom stereocenters. The zero-order valence-corrected chi connectivity index (χ0v) is 14.1. The summed E-state index contributed by atoms with van der Waals surface area (Å²) in [5.41, 5.74) is 3.63. The molecule has 0 heterocycles. The molecule has 2 rings (SSSR count). The van der Waals surface area contributed by atoms with E-state index in [-0.39, 0.29) is 12.5 Å². The first kappa shape index (κ1) is 18.8. The van der Waals surface area contributed by atoms with Crippen LogP contribution in [0.5, 0.6) is 11.5 Å². The Morgan fingerprint density at radius 3 is 2.54 bits per heavy atom. The van der Waals surface area contributed by atoms with E-state index in [1.807, 2.05) is 12.1 Å². The maximum absolute atomic E-state index is 11.9. The second kappa shape index (κ2) is 9.67. The van der Waals surface area contributed by atoms with Gasteiger partial charge >= 0.3 is 5.97 Å². The van der Waals surface area contributed by atoms with Crippen molar-refractivity contribution in [3.05, 3.63) is 54.1 Å². The Balaban J connectivity index is 1.88. The smallest absolute Gasteiger partial charge is 0.341 e. The summed E-state index contributed by atoms with van der Waals surface area (Å²) in [4.78, 5) is 22.5. The van der Waals surface area contributed by atoms with Crippen molar-refractivity contribution in [1.82, 2.24) is 5.43 Å². The van der Waals surface area contributed by atoms with Gasteiger partial charge in [-0.15, -0.1) is 0 Å². The second-order valence-electron chi connectivity index (χ2n) is 5.07. The van der Waals surface area contributed by atoms with Crippen LogP contribution in [0.25, 0.3) is 0 Å². The van der Waals surface area contributed by atoms with E-state index >= 15 is 0 Å². The van der Waals surface area contributed by atoms with Gasteiger partial charge in [0, 0.05) is 5.56 Å². The molecule has 26 heavy (non-hydrogen) atoms. The summed E-state index contributed by atoms with van der Waals surface area (Å²) in [6.45, 7) is -0.449. The number of carbonyl (C=O) groups is 2. The van der Waals surface area contributed by atoms with Gasteiger partial charge in [-0.25, -0.2) is 10.2 Å². The highest BCUT2D eigenvalue weighted by Gasteiger charge is 2.05. The number of carboxylic acid groups (broad SMARTS) is 1. The molecule has 1 amide bonds. The lowest BCUT2D eigenvalue weighted by Crippen LogP contribution is -2.26. The Kier molecular flexibility index (Phi) is 6.99. The molecule has 8 nitrogen and oxygen atoms in total. The highest BCUT2D eigenvalue weighted by molar-refractivity contribution is 5.86. The van der Waals surface area contributed by atoms with Crippen LogP contribution in [0.4, 0.5) is 5.69 Å². The van der Waals surface area contributed by atoms with Gasteiger partial charge in [0.05, 0.1) is 25.6 Å². The number of nitrogens with zero attached hydrogens (tertiary/aromatic N) is 1. The van der Waals surface area contributed by atoms with Crippen molar-refractivity contribution in [2.45, 2.75) is 0 Å². The molecular formula is C18H19N3O5. The first-order valence-electron chi connectivity index (χ1n) is 7.72. The van der Waals surface area contributed by atoms with Crippen LogP contribution in [-0.2, 0) is 9.59 Å². The Labute approximate surface area is 150 Å². The van der Waals surface area contributed by atoms with E-state index in [1.165, 1.54) is 6.21 Å². The third kappa shape index (κ3) is 5.82. The Morgan fingerprint density at radius 2 is 1.81 bits per heavy atom. The molecule has 0 saturated carbocycles. The molecule has 0 aliphatic rings. The zero-order chi connectivity index (χ0) is 18.8. The Morgan fingerprint density at radius 1 is 1.12 bits per heavy atom. The van der Waals surface area contributed by atoms with Gasteiger partial charge in [-0.05, 0) is 24.3 Å². The first-order chi connectivity index (χ1) is 12.6. The molecule has 0 spiro atoms. The van der Waals surface area contributed by atoms with Crippen molar-refractivity contribution in [1.29, 1.82) is 0 Å². The average Bonchev–Trinajstić information content (AvgIpc) is 2.65. The van der Waals surface area contributed by atoms with Crippen LogP contribution in [-0.4, -0.2) is 43.5 Å². The predicted octanol–water partition coefficient (Wildman–Crippen LogP) is 1.72. The van der Waals surface area contributed by atoms with Gasteiger partial charge in [0.1, 0.15) is 11.5 Å². The quantitative estimate of drug-likeness (QED) is 0.466. The summed E-state index contributed by atoms with van der Waals surface area (Å²) in [5.74, 6) is -0.433. The number of hydrogen-bond acceptors (Lipinski definition) is 6. The van der Waals surface area contributed by atoms with Crippen LogP contribution in [0.1, 0.15) is 5.56 Å². The fourth-order valence-electron chi connectivity index (χ4n) is 2.04. The van der Waals surface area contributed by atoms with Crippen LogP contribution in [0, 0.1) is 0 Å². The van der Waals surface area contributed by atoms with Gasteiger partial charge in [-0.3, -0.25) is 4.79 Å². The van der Waals surface area contributed by atoms with Crippen molar-refractivity contribution in [3.8, 4) is 11.5 Å². The number of hydrogen-bond donors (Lipinski definition) is 3. The Hall–Kier alpha value is -3.55. The molecule has 0 aliphatic heterocycles. The summed E-state index contributed by atoms with van der Waals surface area (Å²) in [6.07, 6.45) is 1.39. The minimum Gasteiger partial charge on any atom is -0.495 e. The molecular weight excluding hydrogens is 338 g/mol. The second-order valence-corrected chi connectivity index (χ2v) is 5.07. The number of amides is 1. The number of anilines is 1. The van der Waals surface area contributed by atoms with E-state index in [1.54, 1.807) is 43.5 Å². The third-order valence-corrected chi connectivity index (χ3v) is 3.21. The molecule has 8 heteroatoms. The molecule has 0 saturated heterocycles. The number of para-hydroxylation sites is 3. The maximum Gasteiger partial charge on any atom is 0.341 e. The molecule has 0 aromatic heterocycles. The first-order valence-corrected chi connectivity index (χ1v) is 7.72. The molecule has 2 aromatic carbocycles. The highest BCUT2D eigenvalue weighted by atomic mass is 16.5. The number of benzene rings is 2. The zero-order valence-electron chi connectivity index (χ0n) is 14.1. The summed E-state index contributed by atoms with van der Waals surface area (Å²) >= 11 is 0. The number of methoxy groups -OCH3 is 1. The normalized spacial score (nSPS) is 10.3. The van der Waals surface area contributed by atoms with Crippen molar-refractivity contribution in [2.24, 2.45) is 5.10 Å². The van der Waals surface area contributed by atoms with Crippen LogP contribution in [0.2, 0.25) is 0 Å². The van der Waals surface area contributed by atoms with Crippen molar-refractivity contribution in [3.63, 3.8) is 0 Å². The topological polar surface area (TPSA) is 109 Å². The monoisotopic (exact) mass is 357 g/mol. The van der Waals surface area contributed by atoms with Gasteiger partial charge < -0.3 is 19.9 Å². The molecule has 136 valence electrons. The molecule has 2 aromatic rings. The summed E-state index contributed by atoms with van der Waals surface area (Å²) < 4.78 is 10.3. The van der Waals surface area contributed by atoms with Gasteiger partial charge in [-0.2, -0.15) is 5.10 Å². The number of aliphatic carboxylic acids is 1. The third-order valence-electron chi connectivity index (χ3n) is 3.21. The predicted molar refractivity (Wildman–Crippen MR) is 96.8 cm³/mol. The number of carboxylic acids is 1. The lowest BCUT2D eigenvalue weighted by atomic mass is 10.2. The minimum atomic E-state index is -1.08. The fourth-order valence-corrected chi connectivity index (χ4v) is 2.04. The maximum atomic E-state index is 11.9. The van der Waals surface area contributed by atoms with Crippen molar-refractivity contribution in [2.75, 3.05) is 25.6 Å². The van der Waals surface area contributed by atoms with E-state index in [0.717, 1.165) is 0 Å². The van der Waals surface area contributed by atoms with Crippen LogP contribution < -0.4 is 20.2 Å². The molecule has 0 fully saturated rings. The van der Waals surface area contributed by atoms with Gasteiger partial charge in [0.25, 0.3) is 5.91 Å². The fraction of sp³-hybridized carbons (Fsp3) is 0.167. The lowest BCUT2D eigenvalue weighted by molar-refractivity contribution is -0.139.